The summed E-state index contributed by atoms with van der Waals surface area (Å²) >= 11 is 0. The normalized spacial score (nSPS) is 11.0. The molecule has 0 saturated heterocycles. The molecule has 158 valence electrons. The number of nitrogens with zero attached hydrogens (tertiary/aromatic N) is 3. The van der Waals surface area contributed by atoms with Crippen molar-refractivity contribution in [3.8, 4) is 22.8 Å². The van der Waals surface area contributed by atoms with E-state index in [9.17, 15) is 18.0 Å². The second-order valence-electron chi connectivity index (χ2n) is 6.98. The average Bonchev–Trinajstić information content (AvgIpc) is 3.32. The smallest absolute Gasteiger partial charge is 0.260 e. The van der Waals surface area contributed by atoms with Gasteiger partial charge >= 0.3 is 0 Å². The molecule has 0 atom stereocenters. The average molecular weight is 426 g/mol. The van der Waals surface area contributed by atoms with Crippen LogP contribution in [0.2, 0.25) is 0 Å². The van der Waals surface area contributed by atoms with E-state index in [4.69, 9.17) is 4.52 Å². The molecular weight excluding hydrogens is 409 g/mol. The molecule has 0 aliphatic carbocycles. The second kappa shape index (κ2) is 8.10. The molecule has 31 heavy (non-hydrogen) atoms. The summed E-state index contributed by atoms with van der Waals surface area (Å²) in [5.74, 6) is -2.22. The molecule has 4 rings (SSSR count). The van der Waals surface area contributed by atoms with Crippen LogP contribution in [0.1, 0.15) is 11.4 Å². The Morgan fingerprint density at radius 2 is 1.77 bits per heavy atom. The molecule has 2 heterocycles. The number of nitrogens with one attached hydrogen (secondary N) is 1. The number of hydrogen-bond donors (Lipinski definition) is 1. The van der Waals surface area contributed by atoms with Crippen molar-refractivity contribution in [3.63, 3.8) is 0 Å². The first kappa shape index (κ1) is 20.4. The monoisotopic (exact) mass is 426 g/mol. The van der Waals surface area contributed by atoms with Crippen molar-refractivity contribution in [3.05, 3.63) is 77.4 Å². The highest BCUT2D eigenvalue weighted by atomic mass is 19.2. The summed E-state index contributed by atoms with van der Waals surface area (Å²) in [5, 5.41) is 6.48. The maximum Gasteiger partial charge on any atom is 0.260 e. The molecule has 0 aliphatic heterocycles. The quantitative estimate of drug-likeness (QED) is 0.494. The lowest BCUT2D eigenvalue weighted by Crippen LogP contribution is -2.20. The molecule has 0 aliphatic rings. The van der Waals surface area contributed by atoms with Gasteiger partial charge in [-0.2, -0.15) is 4.98 Å². The molecule has 2 aromatic heterocycles. The van der Waals surface area contributed by atoms with Crippen LogP contribution in [0.3, 0.4) is 0 Å². The third-order valence-electron chi connectivity index (χ3n) is 4.84. The van der Waals surface area contributed by atoms with E-state index in [0.717, 1.165) is 17.8 Å². The molecule has 9 heteroatoms. The number of hydrogen-bond acceptors (Lipinski definition) is 4. The number of anilines is 1. The standard InChI is InChI=1S/C22H17F3N4O2/c1-12-9-17(22-27-21(28-31-22)14-3-5-15(23)6-4-14)13(2)29(12)11-20(30)26-16-7-8-18(24)19(25)10-16/h3-10H,11H2,1-2H3,(H,26,30). The topological polar surface area (TPSA) is 73.0 Å². The lowest BCUT2D eigenvalue weighted by Gasteiger charge is -2.10. The summed E-state index contributed by atoms with van der Waals surface area (Å²) in [6.45, 7) is 3.57. The van der Waals surface area contributed by atoms with E-state index < -0.39 is 17.5 Å². The van der Waals surface area contributed by atoms with Crippen molar-refractivity contribution in [1.82, 2.24) is 14.7 Å². The van der Waals surface area contributed by atoms with Gasteiger partial charge in [0.25, 0.3) is 5.89 Å². The van der Waals surface area contributed by atoms with Crippen LogP contribution in [0, 0.1) is 31.3 Å². The zero-order valence-electron chi connectivity index (χ0n) is 16.6. The van der Waals surface area contributed by atoms with Gasteiger partial charge in [0, 0.05) is 28.7 Å². The molecule has 0 unspecified atom stereocenters. The predicted octanol–water partition coefficient (Wildman–Crippen LogP) is 4.88. The summed E-state index contributed by atoms with van der Waals surface area (Å²) in [6.07, 6.45) is 0. The van der Waals surface area contributed by atoms with Crippen molar-refractivity contribution >= 4 is 11.6 Å². The highest BCUT2D eigenvalue weighted by molar-refractivity contribution is 5.90. The fraction of sp³-hybridized carbons (Fsp3) is 0.136. The van der Waals surface area contributed by atoms with Crippen molar-refractivity contribution in [1.29, 1.82) is 0 Å². The first-order valence-electron chi connectivity index (χ1n) is 9.33. The van der Waals surface area contributed by atoms with Crippen LogP contribution in [0.25, 0.3) is 22.8 Å². The minimum Gasteiger partial charge on any atom is -0.339 e. The zero-order valence-corrected chi connectivity index (χ0v) is 16.6. The SMILES string of the molecule is Cc1cc(-c2nc(-c3ccc(F)cc3)no2)c(C)n1CC(=O)Nc1ccc(F)c(F)c1. The summed E-state index contributed by atoms with van der Waals surface area (Å²) < 4.78 is 46.6. The molecule has 2 aromatic carbocycles. The number of rotatable bonds is 5. The van der Waals surface area contributed by atoms with Crippen LogP contribution in [0.5, 0.6) is 0 Å². The van der Waals surface area contributed by atoms with E-state index in [1.807, 2.05) is 13.0 Å². The van der Waals surface area contributed by atoms with Crippen LogP contribution >= 0.6 is 0 Å². The number of halogens is 3. The van der Waals surface area contributed by atoms with Crippen LogP contribution in [0.15, 0.2) is 53.1 Å². The van der Waals surface area contributed by atoms with Gasteiger partial charge in [-0.3, -0.25) is 4.79 Å². The van der Waals surface area contributed by atoms with E-state index in [2.05, 4.69) is 15.5 Å². The Bertz CT molecular complexity index is 1260. The van der Waals surface area contributed by atoms with Crippen molar-refractivity contribution in [2.24, 2.45) is 0 Å². The lowest BCUT2D eigenvalue weighted by atomic mass is 10.2. The fourth-order valence-corrected chi connectivity index (χ4v) is 3.23. The molecule has 0 radical (unpaired) electrons. The van der Waals surface area contributed by atoms with Crippen molar-refractivity contribution in [2.75, 3.05) is 5.32 Å². The van der Waals surface area contributed by atoms with E-state index in [1.54, 1.807) is 23.6 Å². The summed E-state index contributed by atoms with van der Waals surface area (Å²) in [4.78, 5) is 16.8. The third-order valence-corrected chi connectivity index (χ3v) is 4.84. The first-order valence-corrected chi connectivity index (χ1v) is 9.33. The van der Waals surface area contributed by atoms with Gasteiger partial charge in [0.05, 0.1) is 5.56 Å². The van der Waals surface area contributed by atoms with E-state index in [-0.39, 0.29) is 23.9 Å². The Hall–Kier alpha value is -3.88. The van der Waals surface area contributed by atoms with Gasteiger partial charge < -0.3 is 14.4 Å². The summed E-state index contributed by atoms with van der Waals surface area (Å²) in [7, 11) is 0. The molecule has 0 saturated carbocycles. The van der Waals surface area contributed by atoms with Crippen LogP contribution in [0.4, 0.5) is 18.9 Å². The Morgan fingerprint density at radius 3 is 2.48 bits per heavy atom. The van der Waals surface area contributed by atoms with Crippen LogP contribution in [-0.2, 0) is 11.3 Å². The van der Waals surface area contributed by atoms with Gasteiger partial charge in [-0.25, -0.2) is 13.2 Å². The maximum absolute atomic E-state index is 13.3. The fourth-order valence-electron chi connectivity index (χ4n) is 3.23. The van der Waals surface area contributed by atoms with Crippen molar-refractivity contribution in [2.45, 2.75) is 20.4 Å². The molecule has 1 amide bonds. The number of aromatic nitrogens is 3. The summed E-state index contributed by atoms with van der Waals surface area (Å²) in [5.41, 5.74) is 2.91. The van der Waals surface area contributed by atoms with Gasteiger partial charge in [-0.15, -0.1) is 0 Å². The van der Waals surface area contributed by atoms with Gasteiger partial charge in [0.15, 0.2) is 11.6 Å². The first-order chi connectivity index (χ1) is 14.8. The highest BCUT2D eigenvalue weighted by Gasteiger charge is 2.19. The molecule has 0 spiro atoms. The largest absolute Gasteiger partial charge is 0.339 e. The Morgan fingerprint density at radius 1 is 1.03 bits per heavy atom. The molecule has 1 N–H and O–H groups in total. The predicted molar refractivity (Wildman–Crippen MR) is 108 cm³/mol. The van der Waals surface area contributed by atoms with E-state index in [0.29, 0.717) is 22.6 Å². The van der Waals surface area contributed by atoms with E-state index in [1.165, 1.54) is 18.2 Å². The number of carbonyl (C=O) groups excluding carboxylic acids is 1. The van der Waals surface area contributed by atoms with Crippen molar-refractivity contribution < 1.29 is 22.5 Å². The minimum atomic E-state index is -1.04. The van der Waals surface area contributed by atoms with Gasteiger partial charge in [-0.1, -0.05) is 5.16 Å². The molecule has 4 aromatic rings. The number of carbonyl (C=O) groups is 1. The van der Waals surface area contributed by atoms with Gasteiger partial charge in [0.2, 0.25) is 11.7 Å². The van der Waals surface area contributed by atoms with Crippen LogP contribution in [-0.4, -0.2) is 20.6 Å². The van der Waals surface area contributed by atoms with Gasteiger partial charge in [-0.05, 0) is 56.3 Å². The number of benzene rings is 2. The Balaban J connectivity index is 1.54. The van der Waals surface area contributed by atoms with Crippen LogP contribution < -0.4 is 5.32 Å². The highest BCUT2D eigenvalue weighted by Crippen LogP contribution is 2.28. The Labute approximate surface area is 175 Å². The Kier molecular flexibility index (Phi) is 5.33. The van der Waals surface area contributed by atoms with Gasteiger partial charge in [0.1, 0.15) is 12.4 Å². The summed E-state index contributed by atoms with van der Waals surface area (Å²) in [6, 6.07) is 10.7. The zero-order chi connectivity index (χ0) is 22.1. The minimum absolute atomic E-state index is 0.0460. The molecule has 0 fully saturated rings. The third kappa shape index (κ3) is 4.20. The number of amides is 1. The number of aryl methyl sites for hydroxylation is 1. The molecular formula is C22H17F3N4O2. The molecule has 0 bridgehead atoms. The molecule has 6 nitrogen and oxygen atoms in total. The maximum atomic E-state index is 13.3. The lowest BCUT2D eigenvalue weighted by molar-refractivity contribution is -0.116. The second-order valence-corrected chi connectivity index (χ2v) is 6.98. The van der Waals surface area contributed by atoms with E-state index >= 15 is 0 Å².